The van der Waals surface area contributed by atoms with Crippen LogP contribution in [0.3, 0.4) is 0 Å². The zero-order valence-corrected chi connectivity index (χ0v) is 22.9. The van der Waals surface area contributed by atoms with Gasteiger partial charge in [0.2, 0.25) is 0 Å². The van der Waals surface area contributed by atoms with Crippen LogP contribution in [0, 0.1) is 25.2 Å². The minimum Gasteiger partial charge on any atom is -0.489 e. The van der Waals surface area contributed by atoms with Crippen molar-refractivity contribution >= 4 is 40.6 Å². The number of rotatable bonds is 7. The van der Waals surface area contributed by atoms with Crippen molar-refractivity contribution in [1.29, 1.82) is 5.26 Å². The first-order chi connectivity index (χ1) is 18.9. The fourth-order valence-electron chi connectivity index (χ4n) is 4.51. The number of carbonyl (C=O) groups excluding carboxylic acids is 2. The van der Waals surface area contributed by atoms with Gasteiger partial charge in [-0.2, -0.15) is 5.26 Å². The molecule has 0 N–H and O–H groups in total. The normalized spacial score (nSPS) is 14.2. The minimum absolute atomic E-state index is 0.0651. The molecule has 194 valence electrons. The quantitative estimate of drug-likeness (QED) is 0.222. The molecule has 0 unspecified atom stereocenters. The molecule has 5 rings (SSSR count). The van der Waals surface area contributed by atoms with Gasteiger partial charge in [-0.1, -0.05) is 48.0 Å². The molecule has 0 spiro atoms. The molecular formula is C31H24ClN3O3S. The molecule has 1 aromatic heterocycles. The van der Waals surface area contributed by atoms with Crippen LogP contribution in [-0.4, -0.2) is 20.6 Å². The Balaban J connectivity index is 1.33. The summed E-state index contributed by atoms with van der Waals surface area (Å²) in [5.41, 5.74) is 5.75. The summed E-state index contributed by atoms with van der Waals surface area (Å²) in [4.78, 5) is 27.4. The Bertz CT molecular complexity index is 1650. The fraction of sp³-hybridized carbons (Fsp3) is 0.129. The summed E-state index contributed by atoms with van der Waals surface area (Å²) in [5.74, 6) is 0.371. The molecule has 1 saturated heterocycles. The van der Waals surface area contributed by atoms with E-state index in [4.69, 9.17) is 16.3 Å². The topological polar surface area (TPSA) is 75.3 Å². The summed E-state index contributed by atoms with van der Waals surface area (Å²) >= 11 is 7.14. The second kappa shape index (κ2) is 11.2. The first-order valence-corrected chi connectivity index (χ1v) is 13.4. The molecule has 3 aromatic carbocycles. The van der Waals surface area contributed by atoms with Crippen LogP contribution in [0.4, 0.5) is 4.79 Å². The molecule has 1 fully saturated rings. The lowest BCUT2D eigenvalue weighted by Gasteiger charge is -2.13. The van der Waals surface area contributed by atoms with Gasteiger partial charge in [0.25, 0.3) is 11.1 Å². The van der Waals surface area contributed by atoms with E-state index in [2.05, 4.69) is 10.6 Å². The van der Waals surface area contributed by atoms with Gasteiger partial charge < -0.3 is 9.30 Å². The molecule has 8 heteroatoms. The number of nitriles is 1. The van der Waals surface area contributed by atoms with Crippen LogP contribution in [0.1, 0.15) is 33.6 Å². The van der Waals surface area contributed by atoms with Crippen molar-refractivity contribution in [3.05, 3.63) is 122 Å². The average Bonchev–Trinajstić information content (AvgIpc) is 3.37. The second-order valence-electron chi connectivity index (χ2n) is 9.07. The highest BCUT2D eigenvalue weighted by Crippen LogP contribution is 2.35. The summed E-state index contributed by atoms with van der Waals surface area (Å²) in [7, 11) is 0. The largest absolute Gasteiger partial charge is 0.489 e. The number of aromatic nitrogens is 1. The van der Waals surface area contributed by atoms with E-state index in [1.54, 1.807) is 30.3 Å². The first kappa shape index (κ1) is 26.4. The Morgan fingerprint density at radius 3 is 2.38 bits per heavy atom. The maximum Gasteiger partial charge on any atom is 0.293 e. The van der Waals surface area contributed by atoms with Crippen LogP contribution in [0.5, 0.6) is 5.75 Å². The van der Waals surface area contributed by atoms with E-state index in [1.807, 2.05) is 68.4 Å². The van der Waals surface area contributed by atoms with E-state index in [0.717, 1.165) is 45.7 Å². The second-order valence-corrected chi connectivity index (χ2v) is 10.5. The van der Waals surface area contributed by atoms with E-state index >= 15 is 0 Å². The number of hydrogen-bond acceptors (Lipinski definition) is 5. The SMILES string of the molecule is Cc1cc(/C=C2/SC(=O)N(Cc3ccccc3C#N)C2=O)c(C)n1-c1ccc(OCc2ccccc2Cl)cc1. The molecule has 39 heavy (non-hydrogen) atoms. The van der Waals surface area contributed by atoms with E-state index in [9.17, 15) is 14.9 Å². The van der Waals surface area contributed by atoms with Gasteiger partial charge in [0.1, 0.15) is 12.4 Å². The molecule has 1 aliphatic heterocycles. The number of thioether (sulfide) groups is 1. The van der Waals surface area contributed by atoms with Gasteiger partial charge in [-0.15, -0.1) is 0 Å². The number of aryl methyl sites for hydroxylation is 1. The highest BCUT2D eigenvalue weighted by atomic mass is 35.5. The number of hydrogen-bond donors (Lipinski definition) is 0. The maximum atomic E-state index is 13.1. The Labute approximate surface area is 236 Å². The molecule has 2 amide bonds. The van der Waals surface area contributed by atoms with Gasteiger partial charge in [-0.25, -0.2) is 0 Å². The highest BCUT2D eigenvalue weighted by molar-refractivity contribution is 8.18. The summed E-state index contributed by atoms with van der Waals surface area (Å²) in [6.07, 6.45) is 1.76. The standard InChI is InChI=1S/C31H24ClN3O3S/c1-20-15-25(16-29-30(36)34(31(37)39-29)18-23-8-4-3-7-22(23)17-33)21(2)35(20)26-11-13-27(14-12-26)38-19-24-9-5-6-10-28(24)32/h3-16H,18-19H2,1-2H3/b29-16+. The fourth-order valence-corrected chi connectivity index (χ4v) is 5.53. The monoisotopic (exact) mass is 553 g/mol. The third-order valence-electron chi connectivity index (χ3n) is 6.54. The number of benzene rings is 3. The minimum atomic E-state index is -0.359. The van der Waals surface area contributed by atoms with Gasteiger partial charge in [0, 0.05) is 27.7 Å². The van der Waals surface area contributed by atoms with Crippen molar-refractivity contribution in [2.75, 3.05) is 0 Å². The Morgan fingerprint density at radius 2 is 1.67 bits per heavy atom. The first-order valence-electron chi connectivity index (χ1n) is 12.2. The average molecular weight is 554 g/mol. The summed E-state index contributed by atoms with van der Waals surface area (Å²) in [5, 5.41) is 9.68. The van der Waals surface area contributed by atoms with E-state index < -0.39 is 0 Å². The predicted octanol–water partition coefficient (Wildman–Crippen LogP) is 7.43. The van der Waals surface area contributed by atoms with Crippen LogP contribution in [0.15, 0.2) is 83.8 Å². The smallest absolute Gasteiger partial charge is 0.293 e. The van der Waals surface area contributed by atoms with Gasteiger partial charge in [0.15, 0.2) is 0 Å². The van der Waals surface area contributed by atoms with Crippen LogP contribution >= 0.6 is 23.4 Å². The van der Waals surface area contributed by atoms with Crippen LogP contribution in [-0.2, 0) is 17.9 Å². The van der Waals surface area contributed by atoms with E-state index in [0.29, 0.717) is 27.7 Å². The number of carbonyl (C=O) groups is 2. The van der Waals surface area contributed by atoms with Gasteiger partial charge in [-0.3, -0.25) is 14.5 Å². The predicted molar refractivity (Wildman–Crippen MR) is 154 cm³/mol. The summed E-state index contributed by atoms with van der Waals surface area (Å²) in [6.45, 7) is 4.42. The van der Waals surface area contributed by atoms with Crippen molar-refractivity contribution in [3.8, 4) is 17.5 Å². The third-order valence-corrected chi connectivity index (χ3v) is 7.82. The van der Waals surface area contributed by atoms with Crippen molar-refractivity contribution in [3.63, 3.8) is 0 Å². The van der Waals surface area contributed by atoms with Crippen LogP contribution < -0.4 is 4.74 Å². The number of ether oxygens (including phenoxy) is 1. The number of halogens is 1. The Kier molecular flexibility index (Phi) is 7.60. The van der Waals surface area contributed by atoms with Gasteiger partial charge in [-0.05, 0) is 85.3 Å². The van der Waals surface area contributed by atoms with Crippen molar-refractivity contribution in [1.82, 2.24) is 9.47 Å². The molecule has 6 nitrogen and oxygen atoms in total. The zero-order valence-electron chi connectivity index (χ0n) is 21.3. The van der Waals surface area contributed by atoms with Crippen LogP contribution in [0.25, 0.3) is 11.8 Å². The van der Waals surface area contributed by atoms with Crippen molar-refractivity contribution < 1.29 is 14.3 Å². The lowest BCUT2D eigenvalue weighted by atomic mass is 10.1. The molecule has 4 aromatic rings. The molecule has 0 aliphatic carbocycles. The maximum absolute atomic E-state index is 13.1. The van der Waals surface area contributed by atoms with E-state index in [-0.39, 0.29) is 17.7 Å². The highest BCUT2D eigenvalue weighted by Gasteiger charge is 2.35. The summed E-state index contributed by atoms with van der Waals surface area (Å²) < 4.78 is 8.00. The van der Waals surface area contributed by atoms with Gasteiger partial charge >= 0.3 is 0 Å². The van der Waals surface area contributed by atoms with Crippen molar-refractivity contribution in [2.45, 2.75) is 27.0 Å². The van der Waals surface area contributed by atoms with Crippen molar-refractivity contribution in [2.24, 2.45) is 0 Å². The molecule has 1 aliphatic rings. The molecule has 0 radical (unpaired) electrons. The van der Waals surface area contributed by atoms with Gasteiger partial charge in [0.05, 0.1) is 23.1 Å². The lowest BCUT2D eigenvalue weighted by molar-refractivity contribution is -0.123. The lowest BCUT2D eigenvalue weighted by Crippen LogP contribution is -2.27. The number of amides is 2. The summed E-state index contributed by atoms with van der Waals surface area (Å²) in [6, 6.07) is 26.5. The third kappa shape index (κ3) is 5.49. The molecule has 0 saturated carbocycles. The Hall–Kier alpha value is -4.25. The van der Waals surface area contributed by atoms with Crippen LogP contribution in [0.2, 0.25) is 5.02 Å². The molecular weight excluding hydrogens is 530 g/mol. The molecule has 0 bridgehead atoms. The number of imide groups is 1. The molecule has 0 atom stereocenters. The zero-order chi connectivity index (χ0) is 27.5. The molecule has 2 heterocycles. The Morgan fingerprint density at radius 1 is 0.974 bits per heavy atom. The number of nitrogens with zero attached hydrogens (tertiary/aromatic N) is 3. The van der Waals surface area contributed by atoms with E-state index in [1.165, 1.54) is 4.90 Å².